The lowest BCUT2D eigenvalue weighted by atomic mass is 10.0. The maximum Gasteiger partial charge on any atom is 0.161 e. The first-order chi connectivity index (χ1) is 10.1. The van der Waals surface area contributed by atoms with Gasteiger partial charge in [0.15, 0.2) is 21.3 Å². The van der Waals surface area contributed by atoms with E-state index in [-0.39, 0.29) is 10.1 Å². The van der Waals surface area contributed by atoms with Crippen molar-refractivity contribution in [2.45, 2.75) is 35.8 Å². The van der Waals surface area contributed by atoms with Crippen LogP contribution >= 0.6 is 15.9 Å². The monoisotopic (exact) mass is 374 g/mol. The summed E-state index contributed by atoms with van der Waals surface area (Å²) in [5, 5.41) is -0.351. The standard InChI is InChI=1S/C15H19BrO4S/c16-15(14-4-1-2-9-21(14,17)18)11-5-6-12-13(10-11)20-8-3-7-19-12/h5-6,10,14-15H,1-4,7-9H2. The number of ether oxygens (including phenoxy) is 2. The number of halogens is 1. The molecule has 2 aliphatic rings. The molecule has 116 valence electrons. The van der Waals surface area contributed by atoms with Gasteiger partial charge in [-0.15, -0.1) is 0 Å². The van der Waals surface area contributed by atoms with Crippen molar-refractivity contribution < 1.29 is 17.9 Å². The third kappa shape index (κ3) is 3.21. The summed E-state index contributed by atoms with van der Waals surface area (Å²) in [5.74, 6) is 1.75. The molecule has 6 heteroatoms. The molecule has 1 fully saturated rings. The van der Waals surface area contributed by atoms with Gasteiger partial charge in [0.2, 0.25) is 0 Å². The minimum absolute atomic E-state index is 0.194. The van der Waals surface area contributed by atoms with Gasteiger partial charge in [0.25, 0.3) is 0 Å². The Labute approximate surface area is 133 Å². The number of sulfone groups is 1. The Balaban J connectivity index is 1.87. The number of rotatable bonds is 2. The molecule has 2 aliphatic heterocycles. The number of benzene rings is 1. The molecule has 4 nitrogen and oxygen atoms in total. The molecular formula is C15H19BrO4S. The predicted octanol–water partition coefficient (Wildman–Crippen LogP) is 3.25. The largest absolute Gasteiger partial charge is 0.490 e. The highest BCUT2D eigenvalue weighted by molar-refractivity contribution is 9.09. The van der Waals surface area contributed by atoms with Crippen molar-refractivity contribution in [3.63, 3.8) is 0 Å². The van der Waals surface area contributed by atoms with Crippen LogP contribution in [-0.4, -0.2) is 32.6 Å². The van der Waals surface area contributed by atoms with E-state index in [1.807, 2.05) is 18.2 Å². The fourth-order valence-corrected chi connectivity index (χ4v) is 6.37. The molecule has 1 aromatic rings. The summed E-state index contributed by atoms with van der Waals surface area (Å²) in [6, 6.07) is 5.71. The molecular weight excluding hydrogens is 356 g/mol. The Morgan fingerprint density at radius 1 is 1.10 bits per heavy atom. The molecule has 0 radical (unpaired) electrons. The van der Waals surface area contributed by atoms with Crippen LogP contribution in [0.5, 0.6) is 11.5 Å². The van der Waals surface area contributed by atoms with Crippen molar-refractivity contribution in [3.8, 4) is 11.5 Å². The maximum atomic E-state index is 12.3. The summed E-state index contributed by atoms with van der Waals surface area (Å²) < 4.78 is 35.8. The summed E-state index contributed by atoms with van der Waals surface area (Å²) in [6.45, 7) is 1.28. The normalized spacial score (nSPS) is 25.9. The van der Waals surface area contributed by atoms with Gasteiger partial charge in [0.1, 0.15) is 0 Å². The van der Waals surface area contributed by atoms with E-state index in [0.717, 1.165) is 30.6 Å². The molecule has 3 rings (SSSR count). The zero-order valence-corrected chi connectivity index (χ0v) is 14.2. The Morgan fingerprint density at radius 3 is 2.62 bits per heavy atom. The molecule has 21 heavy (non-hydrogen) atoms. The van der Waals surface area contributed by atoms with Gasteiger partial charge in [-0.2, -0.15) is 0 Å². The van der Waals surface area contributed by atoms with E-state index >= 15 is 0 Å². The van der Waals surface area contributed by atoms with Crippen LogP contribution in [0.15, 0.2) is 18.2 Å². The highest BCUT2D eigenvalue weighted by Gasteiger charge is 2.35. The molecule has 1 aromatic carbocycles. The number of alkyl halides is 1. The molecule has 0 amide bonds. The first kappa shape index (κ1) is 15.2. The topological polar surface area (TPSA) is 52.6 Å². The third-order valence-electron chi connectivity index (χ3n) is 4.05. The highest BCUT2D eigenvalue weighted by Crippen LogP contribution is 2.40. The maximum absolute atomic E-state index is 12.3. The highest BCUT2D eigenvalue weighted by atomic mass is 79.9. The van der Waals surface area contributed by atoms with Gasteiger partial charge < -0.3 is 9.47 Å². The Morgan fingerprint density at radius 2 is 1.86 bits per heavy atom. The average molecular weight is 375 g/mol. The fourth-order valence-electron chi connectivity index (χ4n) is 2.87. The lowest BCUT2D eigenvalue weighted by Gasteiger charge is -2.27. The SMILES string of the molecule is O=S1(=O)CCCCC1C(Br)c1ccc2c(c1)OCCCO2. The van der Waals surface area contributed by atoms with E-state index in [0.29, 0.717) is 31.1 Å². The van der Waals surface area contributed by atoms with E-state index in [1.165, 1.54) is 0 Å². The van der Waals surface area contributed by atoms with E-state index in [2.05, 4.69) is 15.9 Å². The van der Waals surface area contributed by atoms with Crippen molar-refractivity contribution in [1.82, 2.24) is 0 Å². The Hall–Kier alpha value is -0.750. The van der Waals surface area contributed by atoms with Crippen LogP contribution in [0.3, 0.4) is 0 Å². The van der Waals surface area contributed by atoms with Crippen molar-refractivity contribution >= 4 is 25.8 Å². The van der Waals surface area contributed by atoms with Gasteiger partial charge in [0.05, 0.1) is 29.0 Å². The van der Waals surface area contributed by atoms with Crippen molar-refractivity contribution in [2.75, 3.05) is 19.0 Å². The molecule has 2 heterocycles. The molecule has 0 bridgehead atoms. The molecule has 0 spiro atoms. The van der Waals surface area contributed by atoms with Gasteiger partial charge in [-0.05, 0) is 30.5 Å². The molecule has 2 unspecified atom stereocenters. The van der Waals surface area contributed by atoms with E-state index in [9.17, 15) is 8.42 Å². The van der Waals surface area contributed by atoms with Gasteiger partial charge in [-0.1, -0.05) is 28.4 Å². The quantitative estimate of drug-likeness (QED) is 0.745. The van der Waals surface area contributed by atoms with Crippen molar-refractivity contribution in [2.24, 2.45) is 0 Å². The summed E-state index contributed by atoms with van der Waals surface area (Å²) in [5.41, 5.74) is 0.940. The number of hydrogen-bond donors (Lipinski definition) is 0. The zero-order valence-electron chi connectivity index (χ0n) is 11.8. The fraction of sp³-hybridized carbons (Fsp3) is 0.600. The predicted molar refractivity (Wildman–Crippen MR) is 85.1 cm³/mol. The lowest BCUT2D eigenvalue weighted by Crippen LogP contribution is -2.31. The van der Waals surface area contributed by atoms with Crippen LogP contribution in [0.4, 0.5) is 0 Å². The lowest BCUT2D eigenvalue weighted by molar-refractivity contribution is 0.297. The zero-order chi connectivity index (χ0) is 14.9. The molecule has 2 atom stereocenters. The second-order valence-corrected chi connectivity index (χ2v) is 8.89. The average Bonchev–Trinajstić information content (AvgIpc) is 2.70. The minimum Gasteiger partial charge on any atom is -0.490 e. The summed E-state index contributed by atoms with van der Waals surface area (Å²) >= 11 is 3.59. The van der Waals surface area contributed by atoms with Gasteiger partial charge in [-0.25, -0.2) is 8.42 Å². The van der Waals surface area contributed by atoms with Crippen molar-refractivity contribution in [1.29, 1.82) is 0 Å². The number of fused-ring (bicyclic) bond motifs is 1. The van der Waals surface area contributed by atoms with Gasteiger partial charge in [-0.3, -0.25) is 0 Å². The molecule has 1 saturated heterocycles. The van der Waals surface area contributed by atoms with Crippen LogP contribution in [0, 0.1) is 0 Å². The Kier molecular flexibility index (Phi) is 4.45. The third-order valence-corrected chi connectivity index (χ3v) is 7.85. The Bertz CT molecular complexity index is 614. The summed E-state index contributed by atoms with van der Waals surface area (Å²) in [7, 11) is -3.02. The first-order valence-corrected chi connectivity index (χ1v) is 9.96. The first-order valence-electron chi connectivity index (χ1n) is 7.33. The summed E-state index contributed by atoms with van der Waals surface area (Å²) in [4.78, 5) is -0.194. The number of hydrogen-bond acceptors (Lipinski definition) is 4. The van der Waals surface area contributed by atoms with Crippen LogP contribution < -0.4 is 9.47 Å². The molecule has 0 N–H and O–H groups in total. The molecule has 0 aliphatic carbocycles. The van der Waals surface area contributed by atoms with E-state index in [4.69, 9.17) is 9.47 Å². The smallest absolute Gasteiger partial charge is 0.161 e. The second-order valence-electron chi connectivity index (χ2n) is 5.56. The summed E-state index contributed by atoms with van der Waals surface area (Å²) in [6.07, 6.45) is 3.32. The second kappa shape index (κ2) is 6.16. The van der Waals surface area contributed by atoms with E-state index in [1.54, 1.807) is 0 Å². The van der Waals surface area contributed by atoms with Crippen LogP contribution in [0.2, 0.25) is 0 Å². The van der Waals surface area contributed by atoms with Crippen LogP contribution in [-0.2, 0) is 9.84 Å². The van der Waals surface area contributed by atoms with Gasteiger partial charge >= 0.3 is 0 Å². The van der Waals surface area contributed by atoms with E-state index < -0.39 is 9.84 Å². The molecule has 0 saturated carbocycles. The minimum atomic E-state index is -3.02. The van der Waals surface area contributed by atoms with Crippen LogP contribution in [0.1, 0.15) is 36.1 Å². The van der Waals surface area contributed by atoms with Crippen molar-refractivity contribution in [3.05, 3.63) is 23.8 Å². The van der Waals surface area contributed by atoms with Gasteiger partial charge in [0, 0.05) is 6.42 Å². The van der Waals surface area contributed by atoms with Crippen LogP contribution in [0.25, 0.3) is 0 Å². The molecule has 0 aromatic heterocycles.